The molecule has 4 rings (SSSR count). The maximum Gasteiger partial charge on any atom is 0.302 e. The van der Waals surface area contributed by atoms with Crippen molar-refractivity contribution < 1.29 is 23.9 Å². The van der Waals surface area contributed by atoms with Crippen LogP contribution in [0.1, 0.15) is 99.3 Å². The van der Waals surface area contributed by atoms with Crippen molar-refractivity contribution >= 4 is 23.4 Å². The minimum atomic E-state index is -0.252. The molecule has 3 saturated carbocycles. The van der Waals surface area contributed by atoms with E-state index in [9.17, 15) is 19.2 Å². The summed E-state index contributed by atoms with van der Waals surface area (Å²) in [5.74, 6) is 1.11. The average molecular weight is 498 g/mol. The molecule has 3 fully saturated rings. The molecular weight excluding hydrogens is 454 g/mol. The summed E-state index contributed by atoms with van der Waals surface area (Å²) in [5, 5.41) is 2.83. The van der Waals surface area contributed by atoms with Gasteiger partial charge in [0, 0.05) is 44.7 Å². The second kappa shape index (κ2) is 9.90. The molecule has 0 aromatic heterocycles. The molecule has 7 atom stereocenters. The van der Waals surface area contributed by atoms with Crippen molar-refractivity contribution in [2.45, 2.75) is 111 Å². The molecule has 1 N–H and O–H groups in total. The third-order valence-corrected chi connectivity index (χ3v) is 10.1. The quantitative estimate of drug-likeness (QED) is 0.308. The fourth-order valence-electron chi connectivity index (χ4n) is 8.32. The molecule has 5 unspecified atom stereocenters. The topological polar surface area (TPSA) is 89.5 Å². The van der Waals surface area contributed by atoms with Crippen molar-refractivity contribution in [2.75, 3.05) is 0 Å². The molecule has 6 nitrogen and oxygen atoms in total. The summed E-state index contributed by atoms with van der Waals surface area (Å²) in [7, 11) is 0. The summed E-state index contributed by atoms with van der Waals surface area (Å²) in [5.41, 5.74) is 2.70. The van der Waals surface area contributed by atoms with Crippen molar-refractivity contribution in [3.8, 4) is 0 Å². The van der Waals surface area contributed by atoms with Crippen LogP contribution in [-0.4, -0.2) is 35.6 Å². The van der Waals surface area contributed by atoms with Crippen LogP contribution in [0.4, 0.5) is 0 Å². The summed E-state index contributed by atoms with van der Waals surface area (Å²) in [6.45, 7) is 11.3. The Balaban J connectivity index is 1.54. The van der Waals surface area contributed by atoms with Gasteiger partial charge in [-0.3, -0.25) is 19.2 Å². The smallest absolute Gasteiger partial charge is 0.302 e. The Bertz CT molecular complexity index is 1020. The number of nitrogens with one attached hydrogen (secondary N) is 1. The number of esters is 1. The Morgan fingerprint density at radius 3 is 2.42 bits per heavy atom. The summed E-state index contributed by atoms with van der Waals surface area (Å²) < 4.78 is 5.55. The lowest BCUT2D eigenvalue weighted by atomic mass is 9.47. The van der Waals surface area contributed by atoms with E-state index in [1.54, 1.807) is 0 Å². The largest absolute Gasteiger partial charge is 0.462 e. The normalized spacial score (nSPS) is 37.6. The van der Waals surface area contributed by atoms with E-state index in [-0.39, 0.29) is 52.3 Å². The molecule has 0 saturated heterocycles. The van der Waals surface area contributed by atoms with Crippen molar-refractivity contribution in [2.24, 2.45) is 28.6 Å². The SMILES string of the molecule is CC(=O)NC(C)CCC(=O)/C(C)=C1\C(=O)CC2C3CC=C4CC(OC(C)=O)CC[C@]4(C)C3CC[C@]12C. The van der Waals surface area contributed by atoms with E-state index in [2.05, 4.69) is 25.2 Å². The average Bonchev–Trinajstić information content (AvgIpc) is 3.06. The minimum absolute atomic E-state index is 0.0168. The Morgan fingerprint density at radius 1 is 1.06 bits per heavy atom. The molecule has 0 radical (unpaired) electrons. The summed E-state index contributed by atoms with van der Waals surface area (Å²) >= 11 is 0. The lowest BCUT2D eigenvalue weighted by Crippen LogP contribution is -2.49. The van der Waals surface area contributed by atoms with E-state index in [0.29, 0.717) is 36.7 Å². The number of amides is 1. The van der Waals surface area contributed by atoms with E-state index in [0.717, 1.165) is 44.1 Å². The monoisotopic (exact) mass is 497 g/mol. The number of hydrogen-bond acceptors (Lipinski definition) is 5. The number of ether oxygens (including phenoxy) is 1. The molecule has 0 aromatic rings. The van der Waals surface area contributed by atoms with Crippen LogP contribution in [0.3, 0.4) is 0 Å². The highest BCUT2D eigenvalue weighted by Gasteiger charge is 2.60. The number of fused-ring (bicyclic) bond motifs is 5. The summed E-state index contributed by atoms with van der Waals surface area (Å²) in [6, 6.07) is -0.0674. The molecule has 6 heteroatoms. The van der Waals surface area contributed by atoms with Crippen molar-refractivity contribution in [3.05, 3.63) is 22.8 Å². The predicted molar refractivity (Wildman–Crippen MR) is 138 cm³/mol. The first-order valence-corrected chi connectivity index (χ1v) is 13.8. The number of Topliss-reactive ketones (excluding diaryl/α,β-unsaturated/α-hetero) is 2. The van der Waals surface area contributed by atoms with Gasteiger partial charge in [-0.25, -0.2) is 0 Å². The molecule has 0 heterocycles. The first-order chi connectivity index (χ1) is 16.9. The number of carbonyl (C=O) groups is 4. The van der Waals surface area contributed by atoms with Gasteiger partial charge in [0.05, 0.1) is 0 Å². The first kappa shape index (κ1) is 26.8. The van der Waals surface area contributed by atoms with Gasteiger partial charge in [0.1, 0.15) is 6.10 Å². The van der Waals surface area contributed by atoms with Crippen molar-refractivity contribution in [3.63, 3.8) is 0 Å². The fraction of sp³-hybridized carbons (Fsp3) is 0.733. The Labute approximate surface area is 215 Å². The highest BCUT2D eigenvalue weighted by molar-refractivity contribution is 6.08. The van der Waals surface area contributed by atoms with Gasteiger partial charge in [-0.15, -0.1) is 0 Å². The van der Waals surface area contributed by atoms with Crippen molar-refractivity contribution in [1.82, 2.24) is 5.32 Å². The Hall–Kier alpha value is -2.24. The molecule has 198 valence electrons. The summed E-state index contributed by atoms with van der Waals surface area (Å²) in [6.07, 6.45) is 9.51. The van der Waals surface area contributed by atoms with Gasteiger partial charge < -0.3 is 10.1 Å². The standard InChI is InChI=1S/C30H43NO5/c1-17(31-19(3)32)7-10-26(34)18(2)28-27(35)16-25-23-9-8-21-15-22(36-20(4)33)11-13-29(21,5)24(23)12-14-30(25,28)6/h8,17,22-25H,7,9-16H2,1-6H3,(H,31,32)/b28-18+/t17?,22?,23?,24?,25?,29-,30-/m0/s1. The van der Waals surface area contributed by atoms with Crippen LogP contribution in [0.5, 0.6) is 0 Å². The maximum atomic E-state index is 13.4. The molecule has 0 aromatic carbocycles. The van der Waals surface area contributed by atoms with Crippen LogP contribution in [0.25, 0.3) is 0 Å². The number of allylic oxidation sites excluding steroid dienone is 3. The van der Waals surface area contributed by atoms with Gasteiger partial charge in [0.25, 0.3) is 0 Å². The highest BCUT2D eigenvalue weighted by atomic mass is 16.5. The lowest BCUT2D eigenvalue weighted by molar-refractivity contribution is -0.148. The molecule has 36 heavy (non-hydrogen) atoms. The van der Waals surface area contributed by atoms with Gasteiger partial charge in [0.15, 0.2) is 11.6 Å². The summed E-state index contributed by atoms with van der Waals surface area (Å²) in [4.78, 5) is 49.4. The van der Waals surface area contributed by atoms with Crippen LogP contribution in [0, 0.1) is 28.6 Å². The fourth-order valence-corrected chi connectivity index (χ4v) is 8.32. The van der Waals surface area contributed by atoms with Crippen LogP contribution < -0.4 is 5.32 Å². The second-order valence-electron chi connectivity index (χ2n) is 12.4. The number of carbonyl (C=O) groups excluding carboxylic acids is 4. The molecule has 0 bridgehead atoms. The van der Waals surface area contributed by atoms with E-state index in [4.69, 9.17) is 4.74 Å². The Kier molecular flexibility index (Phi) is 7.38. The zero-order valence-corrected chi connectivity index (χ0v) is 22.9. The molecular formula is C30H43NO5. The molecule has 0 spiro atoms. The van der Waals surface area contributed by atoms with E-state index in [1.165, 1.54) is 19.4 Å². The zero-order chi connectivity index (χ0) is 26.4. The van der Waals surface area contributed by atoms with Gasteiger partial charge in [-0.05, 0) is 86.5 Å². The van der Waals surface area contributed by atoms with Crippen LogP contribution in [0.2, 0.25) is 0 Å². The van der Waals surface area contributed by atoms with E-state index < -0.39 is 0 Å². The molecule has 1 amide bonds. The first-order valence-electron chi connectivity index (χ1n) is 13.8. The Morgan fingerprint density at radius 2 is 1.75 bits per heavy atom. The van der Waals surface area contributed by atoms with Crippen LogP contribution in [0.15, 0.2) is 22.8 Å². The minimum Gasteiger partial charge on any atom is -0.462 e. The van der Waals surface area contributed by atoms with Gasteiger partial charge in [-0.2, -0.15) is 0 Å². The highest BCUT2D eigenvalue weighted by Crippen LogP contribution is 2.65. The molecule has 0 aliphatic heterocycles. The number of hydrogen-bond donors (Lipinski definition) is 1. The lowest BCUT2D eigenvalue weighted by Gasteiger charge is -2.57. The predicted octanol–water partition coefficient (Wildman–Crippen LogP) is 5.25. The van der Waals surface area contributed by atoms with Gasteiger partial charge in [0.2, 0.25) is 5.91 Å². The van der Waals surface area contributed by atoms with Crippen molar-refractivity contribution in [1.29, 1.82) is 0 Å². The molecule has 4 aliphatic carbocycles. The zero-order valence-electron chi connectivity index (χ0n) is 22.9. The van der Waals surface area contributed by atoms with Crippen LogP contribution in [-0.2, 0) is 23.9 Å². The number of rotatable bonds is 6. The number of ketones is 2. The second-order valence-corrected chi connectivity index (χ2v) is 12.4. The third-order valence-electron chi connectivity index (χ3n) is 10.1. The maximum absolute atomic E-state index is 13.4. The van der Waals surface area contributed by atoms with Gasteiger partial charge in [-0.1, -0.05) is 25.5 Å². The van der Waals surface area contributed by atoms with Crippen LogP contribution >= 0.6 is 0 Å². The molecule has 4 aliphatic rings. The van der Waals surface area contributed by atoms with E-state index in [1.807, 2.05) is 13.8 Å². The van der Waals surface area contributed by atoms with Gasteiger partial charge >= 0.3 is 5.97 Å². The third kappa shape index (κ3) is 4.72. The van der Waals surface area contributed by atoms with E-state index >= 15 is 0 Å².